The topological polar surface area (TPSA) is 45.8 Å². The molecule has 2 aromatic carbocycles. The number of hydrogen-bond donors (Lipinski definition) is 0. The normalized spacial score (nSPS) is 21.8. The van der Waals surface area contributed by atoms with E-state index in [0.29, 0.717) is 0 Å². The Balaban J connectivity index is 1.57. The van der Waals surface area contributed by atoms with E-state index in [-0.39, 0.29) is 35.3 Å². The molecular weight excluding hydrogens is 398 g/mol. The van der Waals surface area contributed by atoms with E-state index in [2.05, 4.69) is 0 Å². The van der Waals surface area contributed by atoms with Gasteiger partial charge in [0, 0.05) is 5.92 Å². The molecule has 31 heavy (non-hydrogen) atoms. The van der Waals surface area contributed by atoms with Gasteiger partial charge in [-0.2, -0.15) is 5.10 Å². The van der Waals surface area contributed by atoms with Crippen LogP contribution in [0.4, 0.5) is 8.78 Å². The van der Waals surface area contributed by atoms with Crippen molar-refractivity contribution in [2.45, 2.75) is 25.3 Å². The number of carbonyl (C=O) groups is 1. The number of benzene rings is 2. The zero-order valence-electron chi connectivity index (χ0n) is 16.7. The highest BCUT2D eigenvalue weighted by Crippen LogP contribution is 2.45. The van der Waals surface area contributed by atoms with Crippen LogP contribution < -0.4 is 0 Å². The van der Waals surface area contributed by atoms with Gasteiger partial charge in [0.25, 0.3) is 0 Å². The monoisotopic (exact) mass is 418 g/mol. The van der Waals surface area contributed by atoms with Gasteiger partial charge in [0.15, 0.2) is 5.76 Å². The van der Waals surface area contributed by atoms with Gasteiger partial charge in [0.1, 0.15) is 11.6 Å². The molecule has 0 N–H and O–H groups in total. The van der Waals surface area contributed by atoms with Crippen molar-refractivity contribution in [1.82, 2.24) is 5.01 Å². The summed E-state index contributed by atoms with van der Waals surface area (Å²) in [7, 11) is 0. The van der Waals surface area contributed by atoms with Gasteiger partial charge < -0.3 is 4.42 Å². The first-order chi connectivity index (χ1) is 15.1. The number of hydrogen-bond acceptors (Lipinski definition) is 3. The summed E-state index contributed by atoms with van der Waals surface area (Å²) in [6.07, 6.45) is 6.09. The summed E-state index contributed by atoms with van der Waals surface area (Å²) >= 11 is 0. The smallest absolute Gasteiger partial charge is 0.310 e. The lowest BCUT2D eigenvalue weighted by atomic mass is 9.77. The SMILES string of the molecule is O=C(c1ccco1)N1N=C2/C(=C\c3ccc(F)cc3)CCC[C@@H]2[C@H]1c1ccc(F)cc1. The van der Waals surface area contributed by atoms with Crippen LogP contribution >= 0.6 is 0 Å². The molecule has 0 spiro atoms. The maximum atomic E-state index is 13.6. The van der Waals surface area contributed by atoms with Crippen molar-refractivity contribution < 1.29 is 18.0 Å². The van der Waals surface area contributed by atoms with Crippen molar-refractivity contribution in [3.8, 4) is 0 Å². The number of allylic oxidation sites excluding steroid dienone is 1. The molecule has 4 nitrogen and oxygen atoms in total. The number of carbonyl (C=O) groups excluding carboxylic acids is 1. The van der Waals surface area contributed by atoms with Crippen LogP contribution in [-0.4, -0.2) is 16.6 Å². The van der Waals surface area contributed by atoms with Gasteiger partial charge in [-0.05, 0) is 78.4 Å². The van der Waals surface area contributed by atoms with Crippen LogP contribution in [0.1, 0.15) is 47.0 Å². The fraction of sp³-hybridized carbons (Fsp3) is 0.200. The Kier molecular flexibility index (Phi) is 4.98. The van der Waals surface area contributed by atoms with Gasteiger partial charge in [0.2, 0.25) is 0 Å². The summed E-state index contributed by atoms with van der Waals surface area (Å²) in [5.74, 6) is -0.743. The second-order valence-corrected chi connectivity index (χ2v) is 7.83. The van der Waals surface area contributed by atoms with Crippen molar-refractivity contribution in [3.63, 3.8) is 0 Å². The lowest BCUT2D eigenvalue weighted by Crippen LogP contribution is -2.31. The number of hydrazone groups is 1. The lowest BCUT2D eigenvalue weighted by Gasteiger charge is -2.29. The summed E-state index contributed by atoms with van der Waals surface area (Å²) in [6.45, 7) is 0. The minimum atomic E-state index is -0.342. The summed E-state index contributed by atoms with van der Waals surface area (Å²) in [6, 6.07) is 15.5. The zero-order valence-corrected chi connectivity index (χ0v) is 16.7. The molecule has 2 heterocycles. The number of rotatable bonds is 3. The van der Waals surface area contributed by atoms with Gasteiger partial charge >= 0.3 is 5.91 Å². The van der Waals surface area contributed by atoms with Crippen LogP contribution in [0.25, 0.3) is 6.08 Å². The molecule has 1 aromatic heterocycles. The standard InChI is InChI=1S/C25H20F2N2O2/c26-19-10-6-16(7-11-19)15-18-3-1-4-21-23(18)28-29(25(30)22-5-2-14-31-22)24(21)17-8-12-20(27)13-9-17/h2,5-15,21,24H,1,3-4H2/b18-15-/t21-,24+/m0/s1. The van der Waals surface area contributed by atoms with Gasteiger partial charge in [-0.1, -0.05) is 24.3 Å². The quantitative estimate of drug-likeness (QED) is 0.524. The third-order valence-electron chi connectivity index (χ3n) is 5.86. The predicted molar refractivity (Wildman–Crippen MR) is 113 cm³/mol. The fourth-order valence-electron chi connectivity index (χ4n) is 4.43. The van der Waals surface area contributed by atoms with Crippen molar-refractivity contribution >= 4 is 17.7 Å². The molecule has 2 atom stereocenters. The largest absolute Gasteiger partial charge is 0.459 e. The molecule has 3 aromatic rings. The summed E-state index contributed by atoms with van der Waals surface area (Å²) in [5.41, 5.74) is 3.59. The molecule has 6 heteroatoms. The number of fused-ring (bicyclic) bond motifs is 1. The highest BCUT2D eigenvalue weighted by molar-refractivity contribution is 6.08. The Labute approximate surface area is 178 Å². The molecule has 1 amide bonds. The van der Waals surface area contributed by atoms with E-state index < -0.39 is 0 Å². The highest BCUT2D eigenvalue weighted by atomic mass is 19.1. The summed E-state index contributed by atoms with van der Waals surface area (Å²) < 4.78 is 32.2. The Morgan fingerprint density at radius 3 is 2.42 bits per heavy atom. The molecule has 1 aliphatic heterocycles. The molecule has 0 radical (unpaired) electrons. The molecule has 0 bridgehead atoms. The van der Waals surface area contributed by atoms with Crippen LogP contribution in [0, 0.1) is 17.6 Å². The summed E-state index contributed by atoms with van der Waals surface area (Å²) in [5, 5.41) is 6.21. The first-order valence-electron chi connectivity index (χ1n) is 10.3. The van der Waals surface area contributed by atoms with Crippen LogP contribution in [-0.2, 0) is 0 Å². The molecule has 1 saturated carbocycles. The van der Waals surface area contributed by atoms with E-state index >= 15 is 0 Å². The minimum absolute atomic E-state index is 0.00942. The van der Waals surface area contributed by atoms with Crippen molar-refractivity contribution in [2.75, 3.05) is 0 Å². The van der Waals surface area contributed by atoms with Crippen molar-refractivity contribution in [3.05, 3.63) is 101 Å². The third-order valence-corrected chi connectivity index (χ3v) is 5.86. The second-order valence-electron chi connectivity index (χ2n) is 7.83. The zero-order chi connectivity index (χ0) is 21.4. The molecule has 0 unspecified atom stereocenters. The van der Waals surface area contributed by atoms with E-state index in [1.165, 1.54) is 35.5 Å². The lowest BCUT2D eigenvalue weighted by molar-refractivity contribution is 0.0648. The van der Waals surface area contributed by atoms with Crippen molar-refractivity contribution in [2.24, 2.45) is 11.0 Å². The molecule has 156 valence electrons. The van der Waals surface area contributed by atoms with Crippen molar-refractivity contribution in [1.29, 1.82) is 0 Å². The molecule has 1 aliphatic carbocycles. The second kappa shape index (κ2) is 7.95. The molecule has 1 fully saturated rings. The van der Waals surface area contributed by atoms with E-state index in [0.717, 1.165) is 41.7 Å². The summed E-state index contributed by atoms with van der Waals surface area (Å²) in [4.78, 5) is 13.2. The molecule has 2 aliphatic rings. The number of halogens is 2. The highest BCUT2D eigenvalue weighted by Gasteiger charge is 2.44. The molecular formula is C25H20F2N2O2. The van der Waals surface area contributed by atoms with Crippen LogP contribution in [0.15, 0.2) is 82.0 Å². The first kappa shape index (κ1) is 19.4. The van der Waals surface area contributed by atoms with E-state index in [4.69, 9.17) is 9.52 Å². The first-order valence-corrected chi connectivity index (χ1v) is 10.3. The van der Waals surface area contributed by atoms with Gasteiger partial charge in [0.05, 0.1) is 18.0 Å². The maximum absolute atomic E-state index is 13.6. The number of furan rings is 1. The van der Waals surface area contributed by atoms with E-state index in [1.54, 1.807) is 36.4 Å². The van der Waals surface area contributed by atoms with Crippen LogP contribution in [0.2, 0.25) is 0 Å². The number of nitrogens with zero attached hydrogens (tertiary/aromatic N) is 2. The Morgan fingerprint density at radius 2 is 1.74 bits per heavy atom. The van der Waals surface area contributed by atoms with Gasteiger partial charge in [-0.3, -0.25) is 4.79 Å². The molecule has 0 saturated heterocycles. The third kappa shape index (κ3) is 3.69. The number of amides is 1. The average Bonchev–Trinajstić information content (AvgIpc) is 3.44. The average molecular weight is 418 g/mol. The van der Waals surface area contributed by atoms with Crippen LogP contribution in [0.5, 0.6) is 0 Å². The Morgan fingerprint density at radius 1 is 1.03 bits per heavy atom. The van der Waals surface area contributed by atoms with Gasteiger partial charge in [-0.15, -0.1) is 0 Å². The fourth-order valence-corrected chi connectivity index (χ4v) is 4.43. The Bertz CT molecular complexity index is 1150. The van der Waals surface area contributed by atoms with E-state index in [1.807, 2.05) is 6.08 Å². The molecule has 5 rings (SSSR count). The van der Waals surface area contributed by atoms with Gasteiger partial charge in [-0.25, -0.2) is 13.8 Å². The van der Waals surface area contributed by atoms with Crippen LogP contribution in [0.3, 0.4) is 0 Å². The van der Waals surface area contributed by atoms with E-state index in [9.17, 15) is 13.6 Å². The Hall–Kier alpha value is -3.54. The minimum Gasteiger partial charge on any atom is -0.459 e. The predicted octanol–water partition coefficient (Wildman–Crippen LogP) is 5.99. The maximum Gasteiger partial charge on any atom is 0.310 e.